The molecule has 1 heterocycles. The van der Waals surface area contributed by atoms with Gasteiger partial charge in [0.25, 0.3) is 0 Å². The topological polar surface area (TPSA) is 76.0 Å². The second-order valence-electron chi connectivity index (χ2n) is 6.07. The molecule has 0 bridgehead atoms. The Morgan fingerprint density at radius 3 is 2.54 bits per heavy atom. The van der Waals surface area contributed by atoms with Crippen LogP contribution in [0, 0.1) is 0 Å². The Morgan fingerprint density at radius 2 is 1.89 bits per heavy atom. The highest BCUT2D eigenvalue weighted by molar-refractivity contribution is 8.00. The summed E-state index contributed by atoms with van der Waals surface area (Å²) in [6.45, 7) is 3.29. The first-order chi connectivity index (χ1) is 13.4. The number of hydrogen-bond donors (Lipinski definition) is 2. The molecule has 2 N–H and O–H groups in total. The molecule has 0 aliphatic heterocycles. The molecule has 0 aliphatic rings. The predicted molar refractivity (Wildman–Crippen MR) is 113 cm³/mol. The van der Waals surface area contributed by atoms with Gasteiger partial charge in [0, 0.05) is 34.9 Å². The Morgan fingerprint density at radius 1 is 1.14 bits per heavy atom. The lowest BCUT2D eigenvalue weighted by Gasteiger charge is -2.15. The van der Waals surface area contributed by atoms with Crippen LogP contribution < -0.4 is 10.6 Å². The van der Waals surface area contributed by atoms with Crippen LogP contribution in [0.2, 0.25) is 5.02 Å². The maximum absolute atomic E-state index is 12.7. The third kappa shape index (κ3) is 5.15. The summed E-state index contributed by atoms with van der Waals surface area (Å²) in [5, 5.41) is 10.1. The predicted octanol–water partition coefficient (Wildman–Crippen LogP) is 4.60. The maximum atomic E-state index is 12.7. The molecule has 2 aromatic carbocycles. The molecule has 3 rings (SSSR count). The summed E-state index contributed by atoms with van der Waals surface area (Å²) in [5.74, 6) is -0.269. The number of halogens is 1. The molecule has 1 aromatic heterocycles. The molecule has 3 aromatic rings. The van der Waals surface area contributed by atoms with E-state index in [1.54, 1.807) is 41.3 Å². The van der Waals surface area contributed by atoms with E-state index in [-0.39, 0.29) is 17.1 Å². The minimum atomic E-state index is -0.337. The molecule has 0 saturated carbocycles. The highest BCUT2D eigenvalue weighted by atomic mass is 35.5. The summed E-state index contributed by atoms with van der Waals surface area (Å²) in [6.07, 6.45) is 3.47. The number of benzene rings is 2. The van der Waals surface area contributed by atoms with Crippen LogP contribution >= 0.6 is 23.4 Å². The third-order valence-electron chi connectivity index (χ3n) is 3.82. The van der Waals surface area contributed by atoms with E-state index in [4.69, 9.17) is 11.6 Å². The smallest absolute Gasteiger partial charge is 0.237 e. The zero-order valence-electron chi connectivity index (χ0n) is 15.3. The van der Waals surface area contributed by atoms with Crippen molar-refractivity contribution in [3.05, 3.63) is 65.9 Å². The van der Waals surface area contributed by atoms with E-state index in [0.717, 1.165) is 16.3 Å². The van der Waals surface area contributed by atoms with Gasteiger partial charge in [0.2, 0.25) is 11.8 Å². The maximum Gasteiger partial charge on any atom is 0.237 e. The van der Waals surface area contributed by atoms with Gasteiger partial charge in [0.05, 0.1) is 16.6 Å². The third-order valence-corrected chi connectivity index (χ3v) is 5.17. The van der Waals surface area contributed by atoms with E-state index in [2.05, 4.69) is 15.7 Å². The summed E-state index contributed by atoms with van der Waals surface area (Å²) >= 11 is 7.53. The van der Waals surface area contributed by atoms with Gasteiger partial charge in [-0.25, -0.2) is 4.68 Å². The van der Waals surface area contributed by atoms with Crippen molar-refractivity contribution in [3.63, 3.8) is 0 Å². The molecular weight excluding hydrogens is 396 g/mol. The van der Waals surface area contributed by atoms with Gasteiger partial charge < -0.3 is 10.6 Å². The Labute approximate surface area is 172 Å². The van der Waals surface area contributed by atoms with Gasteiger partial charge in [0.1, 0.15) is 0 Å². The van der Waals surface area contributed by atoms with Crippen molar-refractivity contribution in [2.45, 2.75) is 24.0 Å². The zero-order chi connectivity index (χ0) is 20.1. The Kier molecular flexibility index (Phi) is 6.38. The van der Waals surface area contributed by atoms with Gasteiger partial charge in [-0.15, -0.1) is 11.8 Å². The fourth-order valence-electron chi connectivity index (χ4n) is 2.53. The first kappa shape index (κ1) is 20.0. The number of carbonyl (C=O) groups is 2. The van der Waals surface area contributed by atoms with E-state index in [9.17, 15) is 9.59 Å². The van der Waals surface area contributed by atoms with Crippen LogP contribution in [-0.4, -0.2) is 26.8 Å². The normalized spacial score (nSPS) is 11.7. The molecule has 0 aliphatic carbocycles. The van der Waals surface area contributed by atoms with Crippen LogP contribution in [0.1, 0.15) is 13.8 Å². The summed E-state index contributed by atoms with van der Waals surface area (Å²) < 4.78 is 1.67. The molecule has 6 nitrogen and oxygen atoms in total. The molecule has 1 unspecified atom stereocenters. The van der Waals surface area contributed by atoms with Gasteiger partial charge in [-0.2, -0.15) is 5.10 Å². The summed E-state index contributed by atoms with van der Waals surface area (Å²) in [4.78, 5) is 24.7. The lowest BCUT2D eigenvalue weighted by atomic mass is 10.2. The molecule has 1 atom stereocenters. The SMILES string of the molecule is CC(=O)Nc1ccc(SC(C)C(=O)Nc2cc(Cl)ccc2-n2cccn2)cc1. The highest BCUT2D eigenvalue weighted by Gasteiger charge is 2.17. The molecular formula is C20H19ClN4O2S. The number of hydrogen-bond acceptors (Lipinski definition) is 4. The largest absolute Gasteiger partial charge is 0.326 e. The lowest BCUT2D eigenvalue weighted by molar-refractivity contribution is -0.115. The fourth-order valence-corrected chi connectivity index (χ4v) is 3.57. The summed E-state index contributed by atoms with van der Waals surface area (Å²) in [7, 11) is 0. The average Bonchev–Trinajstić information content (AvgIpc) is 3.17. The molecule has 0 spiro atoms. The summed E-state index contributed by atoms with van der Waals surface area (Å²) in [6, 6.07) is 14.4. The highest BCUT2D eigenvalue weighted by Crippen LogP contribution is 2.28. The number of thioether (sulfide) groups is 1. The number of rotatable bonds is 6. The van der Waals surface area contributed by atoms with Gasteiger partial charge >= 0.3 is 0 Å². The second-order valence-corrected chi connectivity index (χ2v) is 7.92. The van der Waals surface area contributed by atoms with Gasteiger partial charge in [-0.1, -0.05) is 11.6 Å². The van der Waals surface area contributed by atoms with Gasteiger partial charge in [-0.3, -0.25) is 9.59 Å². The molecule has 28 heavy (non-hydrogen) atoms. The van der Waals surface area contributed by atoms with Crippen molar-refractivity contribution < 1.29 is 9.59 Å². The minimum absolute atomic E-state index is 0.123. The Hall–Kier alpha value is -2.77. The van der Waals surface area contributed by atoms with Crippen molar-refractivity contribution in [2.24, 2.45) is 0 Å². The number of aromatic nitrogens is 2. The minimum Gasteiger partial charge on any atom is -0.326 e. The Balaban J connectivity index is 1.69. The standard InChI is InChI=1S/C20H19ClN4O2S/c1-13(28-17-7-5-16(6-8-17)23-14(2)26)20(27)24-18-12-15(21)4-9-19(18)25-11-3-10-22-25/h3-13H,1-2H3,(H,23,26)(H,24,27). The molecule has 2 amide bonds. The number of carbonyl (C=O) groups excluding carboxylic acids is 2. The zero-order valence-corrected chi connectivity index (χ0v) is 16.9. The fraction of sp³-hybridized carbons (Fsp3) is 0.150. The number of nitrogens with one attached hydrogen (secondary N) is 2. The van der Waals surface area contributed by atoms with Crippen LogP contribution in [0.15, 0.2) is 65.8 Å². The van der Waals surface area contributed by atoms with Crippen molar-refractivity contribution in [1.29, 1.82) is 0 Å². The molecule has 144 valence electrons. The molecule has 0 fully saturated rings. The van der Waals surface area contributed by atoms with Crippen molar-refractivity contribution >= 4 is 46.6 Å². The van der Waals surface area contributed by atoms with E-state index >= 15 is 0 Å². The quantitative estimate of drug-likeness (QED) is 0.578. The lowest BCUT2D eigenvalue weighted by Crippen LogP contribution is -2.23. The first-order valence-corrected chi connectivity index (χ1v) is 9.83. The second kappa shape index (κ2) is 8.95. The molecule has 0 saturated heterocycles. The Bertz CT molecular complexity index is 974. The molecule has 8 heteroatoms. The van der Waals surface area contributed by atoms with Crippen molar-refractivity contribution in [2.75, 3.05) is 10.6 Å². The van der Waals surface area contributed by atoms with Crippen LogP contribution in [-0.2, 0) is 9.59 Å². The van der Waals surface area contributed by atoms with Crippen LogP contribution in [0.4, 0.5) is 11.4 Å². The van der Waals surface area contributed by atoms with Gasteiger partial charge in [0.15, 0.2) is 0 Å². The number of amides is 2. The van der Waals surface area contributed by atoms with E-state index < -0.39 is 0 Å². The van der Waals surface area contributed by atoms with Crippen LogP contribution in [0.5, 0.6) is 0 Å². The van der Waals surface area contributed by atoms with E-state index in [0.29, 0.717) is 10.7 Å². The number of nitrogens with zero attached hydrogens (tertiary/aromatic N) is 2. The number of anilines is 2. The van der Waals surface area contributed by atoms with Gasteiger partial charge in [-0.05, 0) is 55.5 Å². The summed E-state index contributed by atoms with van der Waals surface area (Å²) in [5.41, 5.74) is 2.05. The van der Waals surface area contributed by atoms with Crippen molar-refractivity contribution in [1.82, 2.24) is 9.78 Å². The van der Waals surface area contributed by atoms with Crippen molar-refractivity contribution in [3.8, 4) is 5.69 Å². The average molecular weight is 415 g/mol. The molecule has 0 radical (unpaired) electrons. The van der Waals surface area contributed by atoms with Crippen LogP contribution in [0.25, 0.3) is 5.69 Å². The van der Waals surface area contributed by atoms with Crippen LogP contribution in [0.3, 0.4) is 0 Å². The van der Waals surface area contributed by atoms with E-state index in [1.165, 1.54) is 18.7 Å². The van der Waals surface area contributed by atoms with E-state index in [1.807, 2.05) is 31.2 Å². The first-order valence-electron chi connectivity index (χ1n) is 8.57. The monoisotopic (exact) mass is 414 g/mol.